The maximum Gasteiger partial charge on any atom is 0.191 e. The Bertz CT molecular complexity index is 259. The Morgan fingerprint density at radius 3 is 2.90 bits per heavy atom. The summed E-state index contributed by atoms with van der Waals surface area (Å²) in [6.07, 6.45) is 1.59. The fourth-order valence-electron chi connectivity index (χ4n) is 0.642. The first-order valence-corrected chi connectivity index (χ1v) is 3.06. The number of hydrogen-bond acceptors (Lipinski definition) is 3. The van der Waals surface area contributed by atoms with Crippen LogP contribution in [0.2, 0.25) is 0 Å². The molecule has 1 aromatic rings. The van der Waals surface area contributed by atoms with E-state index in [1.807, 2.05) is 0 Å². The van der Waals surface area contributed by atoms with Crippen LogP contribution in [0.3, 0.4) is 0 Å². The number of hydrogen-bond donors (Lipinski definition) is 0. The van der Waals surface area contributed by atoms with Gasteiger partial charge in [0, 0.05) is 6.92 Å². The SMILES string of the molecule is Cc1ncc(C(C)C#N)o1. The number of rotatable bonds is 1. The van der Waals surface area contributed by atoms with Crippen LogP contribution in [0.25, 0.3) is 0 Å². The van der Waals surface area contributed by atoms with Gasteiger partial charge >= 0.3 is 0 Å². The minimum absolute atomic E-state index is 0.193. The van der Waals surface area contributed by atoms with Crippen LogP contribution in [0.15, 0.2) is 10.6 Å². The Balaban J connectivity index is 2.87. The second kappa shape index (κ2) is 2.53. The lowest BCUT2D eigenvalue weighted by molar-refractivity contribution is 0.469. The lowest BCUT2D eigenvalue weighted by atomic mass is 10.2. The zero-order chi connectivity index (χ0) is 7.56. The Labute approximate surface area is 59.3 Å². The fourth-order valence-corrected chi connectivity index (χ4v) is 0.642. The molecule has 0 N–H and O–H groups in total. The van der Waals surface area contributed by atoms with Gasteiger partial charge in [-0.25, -0.2) is 4.98 Å². The van der Waals surface area contributed by atoms with E-state index in [2.05, 4.69) is 11.1 Å². The largest absolute Gasteiger partial charge is 0.445 e. The van der Waals surface area contributed by atoms with E-state index >= 15 is 0 Å². The van der Waals surface area contributed by atoms with Crippen LogP contribution in [-0.2, 0) is 0 Å². The molecule has 0 bridgehead atoms. The van der Waals surface area contributed by atoms with E-state index in [9.17, 15) is 0 Å². The molecule has 3 heteroatoms. The highest BCUT2D eigenvalue weighted by atomic mass is 16.4. The van der Waals surface area contributed by atoms with E-state index in [-0.39, 0.29) is 5.92 Å². The van der Waals surface area contributed by atoms with Crippen LogP contribution >= 0.6 is 0 Å². The van der Waals surface area contributed by atoms with Crippen molar-refractivity contribution in [1.82, 2.24) is 4.98 Å². The number of nitriles is 1. The molecule has 0 saturated carbocycles. The van der Waals surface area contributed by atoms with Gasteiger partial charge in [0.1, 0.15) is 11.7 Å². The second-order valence-electron chi connectivity index (χ2n) is 2.13. The first-order valence-electron chi connectivity index (χ1n) is 3.06. The van der Waals surface area contributed by atoms with Crippen molar-refractivity contribution in [2.45, 2.75) is 19.8 Å². The summed E-state index contributed by atoms with van der Waals surface area (Å²) in [5.74, 6) is 1.05. The lowest BCUT2D eigenvalue weighted by Crippen LogP contribution is -1.83. The van der Waals surface area contributed by atoms with Gasteiger partial charge in [0.25, 0.3) is 0 Å². The molecule has 1 atom stereocenters. The van der Waals surface area contributed by atoms with Gasteiger partial charge in [-0.05, 0) is 6.92 Å². The summed E-state index contributed by atoms with van der Waals surface area (Å²) in [5, 5.41) is 8.46. The Morgan fingerprint density at radius 2 is 2.50 bits per heavy atom. The molecule has 0 radical (unpaired) electrons. The van der Waals surface area contributed by atoms with Crippen LogP contribution in [0.5, 0.6) is 0 Å². The summed E-state index contributed by atoms with van der Waals surface area (Å²) in [6.45, 7) is 3.54. The van der Waals surface area contributed by atoms with Crippen LogP contribution in [0.1, 0.15) is 24.5 Å². The minimum atomic E-state index is -0.193. The molecule has 0 fully saturated rings. The zero-order valence-corrected chi connectivity index (χ0v) is 5.96. The van der Waals surface area contributed by atoms with Crippen LogP contribution in [0.4, 0.5) is 0 Å². The molecule has 0 aliphatic carbocycles. The number of nitrogens with zero attached hydrogens (tertiary/aromatic N) is 2. The third-order valence-corrected chi connectivity index (χ3v) is 1.26. The summed E-state index contributed by atoms with van der Waals surface area (Å²) in [6, 6.07) is 2.06. The smallest absolute Gasteiger partial charge is 0.191 e. The molecule has 10 heavy (non-hydrogen) atoms. The monoisotopic (exact) mass is 136 g/mol. The van der Waals surface area contributed by atoms with Crippen molar-refractivity contribution in [3.05, 3.63) is 17.8 Å². The van der Waals surface area contributed by atoms with Crippen molar-refractivity contribution in [2.24, 2.45) is 0 Å². The fraction of sp³-hybridized carbons (Fsp3) is 0.429. The average Bonchev–Trinajstić information content (AvgIpc) is 2.34. The third-order valence-electron chi connectivity index (χ3n) is 1.26. The molecule has 1 heterocycles. The third kappa shape index (κ3) is 1.16. The number of aromatic nitrogens is 1. The van der Waals surface area contributed by atoms with Gasteiger partial charge in [0.15, 0.2) is 5.89 Å². The average molecular weight is 136 g/mol. The molecule has 0 spiro atoms. The van der Waals surface area contributed by atoms with E-state index in [4.69, 9.17) is 9.68 Å². The van der Waals surface area contributed by atoms with Crippen molar-refractivity contribution < 1.29 is 4.42 Å². The Hall–Kier alpha value is -1.30. The molecule has 1 aromatic heterocycles. The molecule has 0 aliphatic rings. The molecular weight excluding hydrogens is 128 g/mol. The van der Waals surface area contributed by atoms with Gasteiger partial charge in [-0.1, -0.05) is 0 Å². The van der Waals surface area contributed by atoms with Crippen molar-refractivity contribution in [3.8, 4) is 6.07 Å². The Morgan fingerprint density at radius 1 is 1.80 bits per heavy atom. The van der Waals surface area contributed by atoms with E-state index in [0.29, 0.717) is 11.7 Å². The van der Waals surface area contributed by atoms with Crippen molar-refractivity contribution in [2.75, 3.05) is 0 Å². The molecule has 52 valence electrons. The second-order valence-corrected chi connectivity index (χ2v) is 2.13. The topological polar surface area (TPSA) is 49.8 Å². The molecule has 1 rings (SSSR count). The lowest BCUT2D eigenvalue weighted by Gasteiger charge is -1.91. The zero-order valence-electron chi connectivity index (χ0n) is 5.96. The van der Waals surface area contributed by atoms with Crippen LogP contribution in [0, 0.1) is 18.3 Å². The summed E-state index contributed by atoms with van der Waals surface area (Å²) in [7, 11) is 0. The van der Waals surface area contributed by atoms with Crippen molar-refractivity contribution in [1.29, 1.82) is 5.26 Å². The quantitative estimate of drug-likeness (QED) is 0.589. The van der Waals surface area contributed by atoms with Gasteiger partial charge < -0.3 is 4.42 Å². The minimum Gasteiger partial charge on any atom is -0.445 e. The standard InChI is InChI=1S/C7H8N2O/c1-5(3-8)7-4-9-6(2)10-7/h4-5H,1-2H3. The maximum absolute atomic E-state index is 8.46. The van der Waals surface area contributed by atoms with Crippen molar-refractivity contribution in [3.63, 3.8) is 0 Å². The molecule has 0 amide bonds. The predicted octanol–water partition coefficient (Wildman–Crippen LogP) is 1.61. The molecule has 1 unspecified atom stereocenters. The van der Waals surface area contributed by atoms with E-state index in [1.54, 1.807) is 20.0 Å². The number of oxazole rings is 1. The molecular formula is C7H8N2O. The predicted molar refractivity (Wildman–Crippen MR) is 35.3 cm³/mol. The summed E-state index contributed by atoms with van der Waals surface area (Å²) in [4.78, 5) is 3.87. The van der Waals surface area contributed by atoms with Crippen molar-refractivity contribution >= 4 is 0 Å². The van der Waals surface area contributed by atoms with Gasteiger partial charge in [0.05, 0.1) is 12.3 Å². The Kier molecular flexibility index (Phi) is 1.72. The summed E-state index contributed by atoms with van der Waals surface area (Å²) < 4.78 is 5.10. The normalized spacial score (nSPS) is 12.5. The first kappa shape index (κ1) is 6.81. The highest BCUT2D eigenvalue weighted by molar-refractivity contribution is 5.08. The summed E-state index contributed by atoms with van der Waals surface area (Å²) in [5.41, 5.74) is 0. The van der Waals surface area contributed by atoms with Gasteiger partial charge in [-0.3, -0.25) is 0 Å². The van der Waals surface area contributed by atoms with Gasteiger partial charge in [-0.2, -0.15) is 5.26 Å². The van der Waals surface area contributed by atoms with Crippen LogP contribution in [-0.4, -0.2) is 4.98 Å². The summed E-state index contributed by atoms with van der Waals surface area (Å²) >= 11 is 0. The molecule has 3 nitrogen and oxygen atoms in total. The van der Waals surface area contributed by atoms with Gasteiger partial charge in [-0.15, -0.1) is 0 Å². The maximum atomic E-state index is 8.46. The van der Waals surface area contributed by atoms with E-state index in [1.165, 1.54) is 0 Å². The molecule has 0 saturated heterocycles. The van der Waals surface area contributed by atoms with E-state index < -0.39 is 0 Å². The van der Waals surface area contributed by atoms with Gasteiger partial charge in [0.2, 0.25) is 0 Å². The highest BCUT2D eigenvalue weighted by Gasteiger charge is 2.07. The highest BCUT2D eigenvalue weighted by Crippen LogP contribution is 2.13. The first-order chi connectivity index (χ1) is 4.74. The van der Waals surface area contributed by atoms with Crippen LogP contribution < -0.4 is 0 Å². The number of aryl methyl sites for hydroxylation is 1. The molecule has 0 aliphatic heterocycles. The molecule has 0 aromatic carbocycles. The van der Waals surface area contributed by atoms with E-state index in [0.717, 1.165) is 0 Å².